The first-order chi connectivity index (χ1) is 16.8. The fourth-order valence-corrected chi connectivity index (χ4v) is 4.37. The van der Waals surface area contributed by atoms with Crippen molar-refractivity contribution in [2.45, 2.75) is 0 Å². The van der Waals surface area contributed by atoms with E-state index in [1.807, 2.05) is 54.6 Å². The second kappa shape index (κ2) is 8.23. The van der Waals surface area contributed by atoms with E-state index in [0.29, 0.717) is 5.56 Å². The molecule has 0 spiro atoms. The summed E-state index contributed by atoms with van der Waals surface area (Å²) in [6.07, 6.45) is 1.62. The Balaban J connectivity index is 1.49. The minimum absolute atomic E-state index is 0.549. The first-order valence-corrected chi connectivity index (χ1v) is 11.0. The fourth-order valence-electron chi connectivity index (χ4n) is 4.37. The van der Waals surface area contributed by atoms with E-state index in [1.54, 1.807) is 12.3 Å². The number of ether oxygens (including phenoxy) is 1. The summed E-state index contributed by atoms with van der Waals surface area (Å²) in [4.78, 5) is 6.76. The Hall–Kier alpha value is -4.88. The number of para-hydroxylation sites is 4. The van der Waals surface area contributed by atoms with Crippen molar-refractivity contribution < 1.29 is 4.74 Å². The van der Waals surface area contributed by atoms with E-state index in [1.165, 1.54) is 0 Å². The maximum Gasteiger partial charge on any atom is 0.151 e. The summed E-state index contributed by atoms with van der Waals surface area (Å²) < 4.78 is 6.17. The zero-order valence-electron chi connectivity index (χ0n) is 18.2. The average Bonchev–Trinajstić information content (AvgIpc) is 2.92. The Morgan fingerprint density at radius 2 is 1.35 bits per heavy atom. The van der Waals surface area contributed by atoms with Gasteiger partial charge in [-0.1, -0.05) is 60.7 Å². The van der Waals surface area contributed by atoms with Crippen LogP contribution in [0.3, 0.4) is 0 Å². The van der Waals surface area contributed by atoms with Crippen molar-refractivity contribution in [2.24, 2.45) is 0 Å². The minimum Gasteiger partial charge on any atom is -0.453 e. The van der Waals surface area contributed by atoms with Crippen LogP contribution in [-0.4, -0.2) is 4.98 Å². The van der Waals surface area contributed by atoms with Crippen molar-refractivity contribution in [3.8, 4) is 40.0 Å². The lowest BCUT2D eigenvalue weighted by atomic mass is 9.96. The molecule has 1 aromatic heterocycles. The van der Waals surface area contributed by atoms with Crippen LogP contribution >= 0.6 is 0 Å². The molecule has 0 fully saturated rings. The van der Waals surface area contributed by atoms with Gasteiger partial charge in [-0.2, -0.15) is 5.26 Å². The minimum atomic E-state index is 0.549. The highest BCUT2D eigenvalue weighted by molar-refractivity contribution is 5.89. The monoisotopic (exact) mass is 437 g/mol. The van der Waals surface area contributed by atoms with E-state index in [2.05, 4.69) is 64.5 Å². The Kier molecular flexibility index (Phi) is 4.79. The van der Waals surface area contributed by atoms with E-state index in [0.717, 1.165) is 50.9 Å². The van der Waals surface area contributed by atoms with Gasteiger partial charge >= 0.3 is 0 Å². The van der Waals surface area contributed by atoms with Gasteiger partial charge in [-0.05, 0) is 59.7 Å². The van der Waals surface area contributed by atoms with E-state index in [9.17, 15) is 0 Å². The molecule has 0 unspecified atom stereocenters. The third kappa shape index (κ3) is 3.37. The first kappa shape index (κ1) is 19.8. The molecule has 0 saturated carbocycles. The second-order valence-corrected chi connectivity index (χ2v) is 8.01. The van der Waals surface area contributed by atoms with Crippen LogP contribution in [0, 0.1) is 11.3 Å². The number of benzene rings is 4. The molecule has 4 nitrogen and oxygen atoms in total. The Morgan fingerprint density at radius 3 is 2.03 bits per heavy atom. The standard InChI is InChI=1S/C30H19N3O/c31-19-21-16-17-26(32-20-21)25-11-2-1-10-24(25)22-8-7-9-23(18-22)33-27-12-3-5-14-29(27)34-30-15-6-4-13-28(30)33/h1-18,20H. The molecule has 0 aliphatic carbocycles. The molecule has 0 bridgehead atoms. The summed E-state index contributed by atoms with van der Waals surface area (Å²) in [6.45, 7) is 0. The summed E-state index contributed by atoms with van der Waals surface area (Å²) in [5.41, 5.74) is 7.61. The van der Waals surface area contributed by atoms with Crippen molar-refractivity contribution >= 4 is 17.1 Å². The maximum atomic E-state index is 9.12. The molecule has 0 saturated heterocycles. The SMILES string of the molecule is N#Cc1ccc(-c2ccccc2-c2cccc(N3c4ccccc4Oc4ccccc43)c2)nc1. The third-order valence-electron chi connectivity index (χ3n) is 5.94. The van der Waals surface area contributed by atoms with Crippen LogP contribution < -0.4 is 9.64 Å². The first-order valence-electron chi connectivity index (χ1n) is 11.0. The molecule has 0 radical (unpaired) electrons. The van der Waals surface area contributed by atoms with Gasteiger partial charge in [0.2, 0.25) is 0 Å². The highest BCUT2D eigenvalue weighted by Gasteiger charge is 2.25. The Morgan fingerprint density at radius 1 is 0.676 bits per heavy atom. The van der Waals surface area contributed by atoms with Crippen molar-refractivity contribution in [2.75, 3.05) is 4.90 Å². The van der Waals surface area contributed by atoms with Crippen molar-refractivity contribution in [1.29, 1.82) is 5.26 Å². The number of nitrogens with zero attached hydrogens (tertiary/aromatic N) is 3. The molecular weight excluding hydrogens is 418 g/mol. The number of hydrogen-bond acceptors (Lipinski definition) is 4. The lowest BCUT2D eigenvalue weighted by molar-refractivity contribution is 0.477. The quantitative estimate of drug-likeness (QED) is 0.283. The number of aromatic nitrogens is 1. The number of hydrogen-bond donors (Lipinski definition) is 0. The number of rotatable bonds is 3. The molecule has 1 aliphatic heterocycles. The number of fused-ring (bicyclic) bond motifs is 2. The molecule has 160 valence electrons. The lowest BCUT2D eigenvalue weighted by Crippen LogP contribution is -2.15. The summed E-state index contributed by atoms with van der Waals surface area (Å²) >= 11 is 0. The van der Waals surface area contributed by atoms with Gasteiger partial charge in [0.1, 0.15) is 6.07 Å². The Labute approximate surface area is 198 Å². The number of anilines is 3. The third-order valence-corrected chi connectivity index (χ3v) is 5.94. The molecule has 4 heteroatoms. The molecule has 34 heavy (non-hydrogen) atoms. The topological polar surface area (TPSA) is 49.2 Å². The highest BCUT2D eigenvalue weighted by atomic mass is 16.5. The van der Waals surface area contributed by atoms with E-state index in [4.69, 9.17) is 10.00 Å². The molecule has 0 N–H and O–H groups in total. The van der Waals surface area contributed by atoms with Crippen molar-refractivity contribution in [3.63, 3.8) is 0 Å². The van der Waals surface area contributed by atoms with Gasteiger partial charge in [-0.3, -0.25) is 4.98 Å². The summed E-state index contributed by atoms with van der Waals surface area (Å²) in [6, 6.07) is 38.7. The maximum absolute atomic E-state index is 9.12. The predicted octanol–water partition coefficient (Wildman–Crippen LogP) is 7.86. The normalized spacial score (nSPS) is 11.7. The molecule has 2 heterocycles. The van der Waals surface area contributed by atoms with Crippen LogP contribution in [-0.2, 0) is 0 Å². The largest absolute Gasteiger partial charge is 0.453 e. The molecule has 0 atom stereocenters. The summed E-state index contributed by atoms with van der Waals surface area (Å²) in [5, 5.41) is 9.12. The highest BCUT2D eigenvalue weighted by Crippen LogP contribution is 2.50. The molecule has 6 rings (SSSR count). The predicted molar refractivity (Wildman–Crippen MR) is 135 cm³/mol. The number of pyridine rings is 1. The van der Waals surface area contributed by atoms with Crippen LogP contribution in [0.4, 0.5) is 17.1 Å². The summed E-state index contributed by atoms with van der Waals surface area (Å²) in [5.74, 6) is 1.66. The van der Waals surface area contributed by atoms with Crippen LogP contribution in [0.5, 0.6) is 11.5 Å². The fraction of sp³-hybridized carbons (Fsp3) is 0. The van der Waals surface area contributed by atoms with Gasteiger partial charge in [0.25, 0.3) is 0 Å². The van der Waals surface area contributed by atoms with Crippen LogP contribution in [0.2, 0.25) is 0 Å². The average molecular weight is 438 g/mol. The Bertz CT molecular complexity index is 1500. The zero-order valence-corrected chi connectivity index (χ0v) is 18.2. The van der Waals surface area contributed by atoms with Gasteiger partial charge in [0.05, 0.1) is 22.6 Å². The summed E-state index contributed by atoms with van der Waals surface area (Å²) in [7, 11) is 0. The van der Waals surface area contributed by atoms with Gasteiger partial charge in [-0.15, -0.1) is 0 Å². The van der Waals surface area contributed by atoms with Gasteiger partial charge < -0.3 is 9.64 Å². The van der Waals surface area contributed by atoms with Crippen molar-refractivity contribution in [3.05, 3.63) is 121 Å². The molecule has 1 aliphatic rings. The van der Waals surface area contributed by atoms with Gasteiger partial charge in [0, 0.05) is 17.4 Å². The van der Waals surface area contributed by atoms with Crippen LogP contribution in [0.1, 0.15) is 5.56 Å². The number of nitriles is 1. The molecule has 5 aromatic rings. The van der Waals surface area contributed by atoms with Gasteiger partial charge in [-0.25, -0.2) is 0 Å². The van der Waals surface area contributed by atoms with Crippen LogP contribution in [0.15, 0.2) is 115 Å². The van der Waals surface area contributed by atoms with Crippen LogP contribution in [0.25, 0.3) is 22.4 Å². The smallest absolute Gasteiger partial charge is 0.151 e. The van der Waals surface area contributed by atoms with E-state index in [-0.39, 0.29) is 0 Å². The second-order valence-electron chi connectivity index (χ2n) is 8.01. The van der Waals surface area contributed by atoms with E-state index < -0.39 is 0 Å². The van der Waals surface area contributed by atoms with Crippen molar-refractivity contribution in [1.82, 2.24) is 4.98 Å². The zero-order chi connectivity index (χ0) is 22.9. The molecular formula is C30H19N3O. The lowest BCUT2D eigenvalue weighted by Gasteiger charge is -2.33. The van der Waals surface area contributed by atoms with E-state index >= 15 is 0 Å². The molecule has 0 amide bonds. The molecule has 4 aromatic carbocycles. The van der Waals surface area contributed by atoms with Gasteiger partial charge in [0.15, 0.2) is 11.5 Å².